The molecule has 5 nitrogen and oxygen atoms in total. The number of aliphatic hydroxyl groups is 2. The van der Waals surface area contributed by atoms with Crippen molar-refractivity contribution in [3.63, 3.8) is 0 Å². The summed E-state index contributed by atoms with van der Waals surface area (Å²) in [5, 5.41) is 21.6. The van der Waals surface area contributed by atoms with Crippen LogP contribution < -0.4 is 11.1 Å². The van der Waals surface area contributed by atoms with Gasteiger partial charge in [-0.05, 0) is 17.7 Å². The van der Waals surface area contributed by atoms with Crippen LogP contribution in [0.5, 0.6) is 0 Å². The molecule has 1 rings (SSSR count). The number of benzene rings is 1. The van der Waals surface area contributed by atoms with Crippen LogP contribution in [-0.2, 0) is 11.0 Å². The van der Waals surface area contributed by atoms with Crippen molar-refractivity contribution in [1.29, 1.82) is 0 Å². The first-order valence-electron chi connectivity index (χ1n) is 5.70. The van der Waals surface area contributed by atoms with E-state index in [4.69, 9.17) is 5.73 Å². The van der Waals surface area contributed by atoms with E-state index in [1.54, 1.807) is 0 Å². The Balaban J connectivity index is 3.03. The monoisotopic (exact) mass is 292 g/mol. The molecule has 0 fully saturated rings. The van der Waals surface area contributed by atoms with E-state index in [1.165, 1.54) is 13.0 Å². The number of carbonyl (C=O) groups excluding carboxylic acids is 1. The number of hydrogen-bond donors (Lipinski definition) is 4. The van der Waals surface area contributed by atoms with E-state index < -0.39 is 35.4 Å². The van der Waals surface area contributed by atoms with Gasteiger partial charge in [-0.1, -0.05) is 6.07 Å². The van der Waals surface area contributed by atoms with Crippen molar-refractivity contribution in [3.05, 3.63) is 29.3 Å². The SMILES string of the molecule is CC(=O)NCC(O)C(O)c1ccc(N)cc1C(F)(F)F. The lowest BCUT2D eigenvalue weighted by Gasteiger charge is -2.22. The molecule has 0 heterocycles. The number of halogens is 3. The van der Waals surface area contributed by atoms with Gasteiger partial charge in [0.25, 0.3) is 0 Å². The molecule has 0 aromatic heterocycles. The van der Waals surface area contributed by atoms with Crippen LogP contribution in [0.25, 0.3) is 0 Å². The number of anilines is 1. The number of carbonyl (C=O) groups is 1. The second-order valence-corrected chi connectivity index (χ2v) is 4.29. The van der Waals surface area contributed by atoms with Crippen molar-refractivity contribution in [1.82, 2.24) is 5.32 Å². The number of nitrogens with two attached hydrogens (primary N) is 1. The van der Waals surface area contributed by atoms with E-state index in [0.29, 0.717) is 6.07 Å². The molecule has 2 atom stereocenters. The summed E-state index contributed by atoms with van der Waals surface area (Å²) in [6, 6.07) is 2.88. The summed E-state index contributed by atoms with van der Waals surface area (Å²) in [6.07, 6.45) is -8.07. The van der Waals surface area contributed by atoms with Crippen molar-refractivity contribution >= 4 is 11.6 Å². The average molecular weight is 292 g/mol. The summed E-state index contributed by atoms with van der Waals surface area (Å²) in [7, 11) is 0. The van der Waals surface area contributed by atoms with Gasteiger partial charge in [0.1, 0.15) is 12.2 Å². The second kappa shape index (κ2) is 6.10. The largest absolute Gasteiger partial charge is 0.416 e. The highest BCUT2D eigenvalue weighted by molar-refractivity contribution is 5.72. The third-order valence-electron chi connectivity index (χ3n) is 2.63. The molecule has 5 N–H and O–H groups in total. The van der Waals surface area contributed by atoms with Gasteiger partial charge < -0.3 is 21.3 Å². The zero-order valence-corrected chi connectivity index (χ0v) is 10.6. The quantitative estimate of drug-likeness (QED) is 0.618. The topological polar surface area (TPSA) is 95.6 Å². The Morgan fingerprint density at radius 1 is 1.40 bits per heavy atom. The molecule has 20 heavy (non-hydrogen) atoms. The van der Waals surface area contributed by atoms with Crippen LogP contribution >= 0.6 is 0 Å². The number of hydrogen-bond acceptors (Lipinski definition) is 4. The zero-order valence-electron chi connectivity index (χ0n) is 10.6. The molecule has 1 aromatic rings. The Hall–Kier alpha value is -1.80. The molecule has 0 aliphatic carbocycles. The maximum atomic E-state index is 12.8. The first-order chi connectivity index (χ1) is 9.12. The van der Waals surface area contributed by atoms with Crippen LogP contribution in [-0.4, -0.2) is 28.8 Å². The summed E-state index contributed by atoms with van der Waals surface area (Å²) in [4.78, 5) is 10.7. The highest BCUT2D eigenvalue weighted by Crippen LogP contribution is 2.36. The average Bonchev–Trinajstić information content (AvgIpc) is 2.33. The Morgan fingerprint density at radius 2 is 2.00 bits per heavy atom. The lowest BCUT2D eigenvalue weighted by atomic mass is 9.97. The molecule has 1 aromatic carbocycles. The van der Waals surface area contributed by atoms with E-state index in [-0.39, 0.29) is 12.2 Å². The van der Waals surface area contributed by atoms with Crippen molar-refractivity contribution in [2.45, 2.75) is 25.3 Å². The fourth-order valence-electron chi connectivity index (χ4n) is 1.64. The van der Waals surface area contributed by atoms with E-state index in [1.807, 2.05) is 0 Å². The normalized spacial score (nSPS) is 14.7. The fourth-order valence-corrected chi connectivity index (χ4v) is 1.64. The first kappa shape index (κ1) is 16.3. The van der Waals surface area contributed by atoms with Gasteiger partial charge in [0.05, 0.1) is 5.56 Å². The van der Waals surface area contributed by atoms with Gasteiger partial charge in [-0.3, -0.25) is 4.79 Å². The van der Waals surface area contributed by atoms with Crippen molar-refractivity contribution in [2.24, 2.45) is 0 Å². The summed E-state index contributed by atoms with van der Waals surface area (Å²) in [5.74, 6) is -0.468. The predicted octanol–water partition coefficient (Wildman–Crippen LogP) is 0.818. The van der Waals surface area contributed by atoms with Crippen LogP contribution in [0.2, 0.25) is 0 Å². The molecule has 8 heteroatoms. The number of nitrogen functional groups attached to an aromatic ring is 1. The van der Waals surface area contributed by atoms with Gasteiger partial charge in [-0.15, -0.1) is 0 Å². The highest BCUT2D eigenvalue weighted by atomic mass is 19.4. The molecule has 0 saturated heterocycles. The van der Waals surface area contributed by atoms with Crippen LogP contribution in [0.4, 0.5) is 18.9 Å². The molecule has 0 aliphatic rings. The Morgan fingerprint density at radius 3 is 2.50 bits per heavy atom. The highest BCUT2D eigenvalue weighted by Gasteiger charge is 2.36. The summed E-state index contributed by atoms with van der Waals surface area (Å²) in [5.41, 5.74) is 3.58. The first-order valence-corrected chi connectivity index (χ1v) is 5.70. The van der Waals surface area contributed by atoms with Crippen molar-refractivity contribution < 1.29 is 28.2 Å². The predicted molar refractivity (Wildman–Crippen MR) is 65.5 cm³/mol. The minimum absolute atomic E-state index is 0.107. The maximum absolute atomic E-state index is 12.8. The molecular weight excluding hydrogens is 277 g/mol. The van der Waals surface area contributed by atoms with Gasteiger partial charge in [0, 0.05) is 19.2 Å². The molecular formula is C12H15F3N2O3. The smallest absolute Gasteiger partial charge is 0.399 e. The number of alkyl halides is 3. The van der Waals surface area contributed by atoms with Crippen molar-refractivity contribution in [3.8, 4) is 0 Å². The summed E-state index contributed by atoms with van der Waals surface area (Å²) < 4.78 is 38.5. The Bertz CT molecular complexity index is 491. The fraction of sp³-hybridized carbons (Fsp3) is 0.417. The number of aliphatic hydroxyl groups excluding tert-OH is 2. The zero-order chi connectivity index (χ0) is 15.5. The van der Waals surface area contributed by atoms with Gasteiger partial charge in [-0.25, -0.2) is 0 Å². The number of amides is 1. The molecule has 0 radical (unpaired) electrons. The molecule has 0 saturated carbocycles. The minimum Gasteiger partial charge on any atom is -0.399 e. The van der Waals surface area contributed by atoms with Crippen LogP contribution in [0.3, 0.4) is 0 Å². The van der Waals surface area contributed by atoms with Gasteiger partial charge in [0.2, 0.25) is 5.91 Å². The number of rotatable bonds is 4. The summed E-state index contributed by atoms with van der Waals surface area (Å²) >= 11 is 0. The molecule has 0 spiro atoms. The Kier molecular flexibility index (Phi) is 4.96. The lowest BCUT2D eigenvalue weighted by molar-refractivity contribution is -0.140. The standard InChI is InChI=1S/C12H15F3N2O3/c1-6(18)17-5-10(19)11(20)8-3-2-7(16)4-9(8)12(13,14)15/h2-4,10-11,19-20H,5,16H2,1H3,(H,17,18). The van der Waals surface area contributed by atoms with E-state index >= 15 is 0 Å². The van der Waals surface area contributed by atoms with E-state index in [0.717, 1.165) is 6.07 Å². The van der Waals surface area contributed by atoms with Gasteiger partial charge in [0.15, 0.2) is 0 Å². The molecule has 2 unspecified atom stereocenters. The van der Waals surface area contributed by atoms with Gasteiger partial charge >= 0.3 is 6.18 Å². The number of nitrogens with one attached hydrogen (secondary N) is 1. The molecule has 0 aliphatic heterocycles. The summed E-state index contributed by atoms with van der Waals surface area (Å²) in [6.45, 7) is 0.821. The van der Waals surface area contributed by atoms with Crippen LogP contribution in [0, 0.1) is 0 Å². The Labute approximate surface area is 113 Å². The second-order valence-electron chi connectivity index (χ2n) is 4.29. The third kappa shape index (κ3) is 4.10. The maximum Gasteiger partial charge on any atom is 0.416 e. The third-order valence-corrected chi connectivity index (χ3v) is 2.63. The van der Waals surface area contributed by atoms with Gasteiger partial charge in [-0.2, -0.15) is 13.2 Å². The minimum atomic E-state index is -4.71. The molecule has 1 amide bonds. The molecule has 0 bridgehead atoms. The van der Waals surface area contributed by atoms with Crippen LogP contribution in [0.1, 0.15) is 24.2 Å². The van der Waals surface area contributed by atoms with Crippen LogP contribution in [0.15, 0.2) is 18.2 Å². The van der Waals surface area contributed by atoms with E-state index in [9.17, 15) is 28.2 Å². The lowest BCUT2D eigenvalue weighted by Crippen LogP contribution is -2.34. The van der Waals surface area contributed by atoms with Crippen molar-refractivity contribution in [2.75, 3.05) is 12.3 Å². The molecule has 112 valence electrons. The van der Waals surface area contributed by atoms with E-state index in [2.05, 4.69) is 5.32 Å².